The predicted octanol–water partition coefficient (Wildman–Crippen LogP) is 0.257. The van der Waals surface area contributed by atoms with Crippen molar-refractivity contribution in [3.8, 4) is 0 Å². The minimum atomic E-state index is -0.475. The van der Waals surface area contributed by atoms with Gasteiger partial charge in [0.1, 0.15) is 0 Å². The van der Waals surface area contributed by atoms with Crippen LogP contribution in [0.15, 0.2) is 9.32 Å². The fraction of sp³-hybridized carbons (Fsp3) is 0.714. The summed E-state index contributed by atoms with van der Waals surface area (Å²) in [5.41, 5.74) is 0. The third kappa shape index (κ3) is 1.40. The highest BCUT2D eigenvalue weighted by atomic mass is 16.5. The van der Waals surface area contributed by atoms with Gasteiger partial charge in [0, 0.05) is 19.1 Å². The van der Waals surface area contributed by atoms with Crippen molar-refractivity contribution in [3.63, 3.8) is 0 Å². The Kier molecular flexibility index (Phi) is 1.95. The molecule has 2 heterocycles. The number of aromatic nitrogens is 2. The van der Waals surface area contributed by atoms with Crippen molar-refractivity contribution in [1.82, 2.24) is 10.1 Å². The Balaban J connectivity index is 2.13. The van der Waals surface area contributed by atoms with Crippen LogP contribution in [0.1, 0.15) is 24.6 Å². The van der Waals surface area contributed by atoms with E-state index < -0.39 is 5.76 Å². The molecule has 1 saturated heterocycles. The molecule has 12 heavy (non-hydrogen) atoms. The molecule has 1 fully saturated rings. The molecule has 0 unspecified atom stereocenters. The van der Waals surface area contributed by atoms with Gasteiger partial charge in [-0.25, -0.2) is 4.79 Å². The van der Waals surface area contributed by atoms with Crippen LogP contribution in [0.2, 0.25) is 0 Å². The van der Waals surface area contributed by atoms with E-state index in [0.29, 0.717) is 11.7 Å². The van der Waals surface area contributed by atoms with Crippen molar-refractivity contribution in [2.75, 3.05) is 13.2 Å². The van der Waals surface area contributed by atoms with Crippen molar-refractivity contribution in [1.29, 1.82) is 0 Å². The first-order valence-corrected chi connectivity index (χ1v) is 4.00. The molecule has 0 saturated carbocycles. The van der Waals surface area contributed by atoms with Crippen LogP contribution in [0.4, 0.5) is 0 Å². The van der Waals surface area contributed by atoms with Gasteiger partial charge in [0.05, 0.1) is 0 Å². The van der Waals surface area contributed by atoms with E-state index in [0.717, 1.165) is 26.1 Å². The molecule has 2 rings (SSSR count). The number of rotatable bonds is 1. The van der Waals surface area contributed by atoms with Gasteiger partial charge < -0.3 is 4.74 Å². The molecule has 1 aliphatic rings. The molecule has 1 aromatic rings. The van der Waals surface area contributed by atoms with E-state index in [2.05, 4.69) is 14.7 Å². The van der Waals surface area contributed by atoms with Crippen LogP contribution in [0.3, 0.4) is 0 Å². The molecule has 0 atom stereocenters. The summed E-state index contributed by atoms with van der Waals surface area (Å²) >= 11 is 0. The number of hydrogen-bond acceptors (Lipinski definition) is 4. The summed E-state index contributed by atoms with van der Waals surface area (Å²) in [6.45, 7) is 1.47. The summed E-state index contributed by atoms with van der Waals surface area (Å²) < 4.78 is 9.59. The van der Waals surface area contributed by atoms with Crippen molar-refractivity contribution in [3.05, 3.63) is 16.4 Å². The van der Waals surface area contributed by atoms with Crippen molar-refractivity contribution >= 4 is 0 Å². The lowest BCUT2D eigenvalue weighted by Crippen LogP contribution is -2.15. The maximum absolute atomic E-state index is 10.6. The molecule has 5 nitrogen and oxygen atoms in total. The minimum Gasteiger partial charge on any atom is -0.381 e. The molecule has 5 heteroatoms. The van der Waals surface area contributed by atoms with Gasteiger partial charge in [-0.05, 0) is 12.8 Å². The third-order valence-electron chi connectivity index (χ3n) is 2.07. The summed E-state index contributed by atoms with van der Waals surface area (Å²) in [4.78, 5) is 13.2. The van der Waals surface area contributed by atoms with E-state index in [1.54, 1.807) is 0 Å². The Hall–Kier alpha value is -1.10. The van der Waals surface area contributed by atoms with E-state index in [1.165, 1.54) is 0 Å². The maximum atomic E-state index is 10.6. The average molecular weight is 170 g/mol. The second-order valence-electron chi connectivity index (χ2n) is 2.87. The van der Waals surface area contributed by atoms with Gasteiger partial charge in [0.25, 0.3) is 0 Å². The zero-order valence-electron chi connectivity index (χ0n) is 6.58. The molecule has 0 radical (unpaired) electrons. The Labute approximate surface area is 68.7 Å². The Morgan fingerprint density at radius 1 is 1.42 bits per heavy atom. The van der Waals surface area contributed by atoms with Crippen LogP contribution in [-0.2, 0) is 4.74 Å². The number of nitrogens with one attached hydrogen (secondary N) is 1. The van der Waals surface area contributed by atoms with E-state index in [4.69, 9.17) is 4.74 Å². The summed E-state index contributed by atoms with van der Waals surface area (Å²) in [6, 6.07) is 0. The largest absolute Gasteiger partial charge is 0.438 e. The molecule has 0 bridgehead atoms. The second kappa shape index (κ2) is 3.10. The smallest absolute Gasteiger partial charge is 0.381 e. The number of aromatic amines is 1. The summed E-state index contributed by atoms with van der Waals surface area (Å²) in [7, 11) is 0. The van der Waals surface area contributed by atoms with Crippen LogP contribution >= 0.6 is 0 Å². The van der Waals surface area contributed by atoms with Crippen molar-refractivity contribution in [2.45, 2.75) is 18.8 Å². The first kappa shape index (κ1) is 7.54. The topological polar surface area (TPSA) is 68.1 Å². The SMILES string of the molecule is O=c1[nH]c(C2CCOCC2)no1. The molecule has 0 aromatic carbocycles. The lowest BCUT2D eigenvalue weighted by atomic mass is 10.00. The van der Waals surface area contributed by atoms with Gasteiger partial charge in [-0.2, -0.15) is 0 Å². The standard InChI is InChI=1S/C7H10N2O3/c10-7-8-6(9-12-7)5-1-3-11-4-2-5/h5H,1-4H2,(H,8,9,10). The first-order valence-electron chi connectivity index (χ1n) is 4.00. The first-order chi connectivity index (χ1) is 5.86. The average Bonchev–Trinajstić information content (AvgIpc) is 2.54. The van der Waals surface area contributed by atoms with Gasteiger partial charge in [-0.15, -0.1) is 0 Å². The lowest BCUT2D eigenvalue weighted by Gasteiger charge is -2.18. The number of H-pyrrole nitrogens is 1. The molecule has 66 valence electrons. The number of nitrogens with zero attached hydrogens (tertiary/aromatic N) is 1. The van der Waals surface area contributed by atoms with Gasteiger partial charge in [-0.1, -0.05) is 5.16 Å². The molecule has 0 spiro atoms. The molecular formula is C7H10N2O3. The van der Waals surface area contributed by atoms with Gasteiger partial charge >= 0.3 is 5.76 Å². The second-order valence-corrected chi connectivity index (χ2v) is 2.87. The third-order valence-corrected chi connectivity index (χ3v) is 2.07. The molecule has 1 aliphatic heterocycles. The highest BCUT2D eigenvalue weighted by molar-refractivity contribution is 4.92. The van der Waals surface area contributed by atoms with E-state index >= 15 is 0 Å². The quantitative estimate of drug-likeness (QED) is 0.656. The van der Waals surface area contributed by atoms with Crippen LogP contribution in [-0.4, -0.2) is 23.4 Å². The molecular weight excluding hydrogens is 160 g/mol. The van der Waals surface area contributed by atoms with Gasteiger partial charge in [-0.3, -0.25) is 9.51 Å². The van der Waals surface area contributed by atoms with Crippen molar-refractivity contribution in [2.24, 2.45) is 0 Å². The van der Waals surface area contributed by atoms with Crippen LogP contribution < -0.4 is 5.76 Å². The molecule has 1 aromatic heterocycles. The summed E-state index contributed by atoms with van der Waals surface area (Å²) in [5.74, 6) is 0.477. The Morgan fingerprint density at radius 3 is 2.75 bits per heavy atom. The zero-order valence-corrected chi connectivity index (χ0v) is 6.58. The highest BCUT2D eigenvalue weighted by Crippen LogP contribution is 2.22. The summed E-state index contributed by atoms with van der Waals surface area (Å²) in [6.07, 6.45) is 1.81. The lowest BCUT2D eigenvalue weighted by molar-refractivity contribution is 0.0830. The normalized spacial score (nSPS) is 19.7. The zero-order chi connectivity index (χ0) is 8.39. The summed E-state index contributed by atoms with van der Waals surface area (Å²) in [5, 5.41) is 3.64. The van der Waals surface area contributed by atoms with E-state index in [-0.39, 0.29) is 0 Å². The Bertz CT molecular complexity index is 298. The van der Waals surface area contributed by atoms with Crippen LogP contribution in [0.25, 0.3) is 0 Å². The van der Waals surface area contributed by atoms with Crippen molar-refractivity contribution < 1.29 is 9.26 Å². The van der Waals surface area contributed by atoms with E-state index in [1.807, 2.05) is 0 Å². The van der Waals surface area contributed by atoms with Crippen LogP contribution in [0.5, 0.6) is 0 Å². The monoisotopic (exact) mass is 170 g/mol. The predicted molar refractivity (Wildman–Crippen MR) is 39.9 cm³/mol. The molecule has 1 N–H and O–H groups in total. The maximum Gasteiger partial charge on any atom is 0.438 e. The molecule has 0 amide bonds. The highest BCUT2D eigenvalue weighted by Gasteiger charge is 2.19. The minimum absolute atomic E-state index is 0.296. The Morgan fingerprint density at radius 2 is 2.17 bits per heavy atom. The number of hydrogen-bond donors (Lipinski definition) is 1. The van der Waals surface area contributed by atoms with Gasteiger partial charge in [0.2, 0.25) is 0 Å². The fourth-order valence-electron chi connectivity index (χ4n) is 1.39. The van der Waals surface area contributed by atoms with Gasteiger partial charge in [0.15, 0.2) is 5.82 Å². The van der Waals surface area contributed by atoms with E-state index in [9.17, 15) is 4.79 Å². The van der Waals surface area contributed by atoms with Crippen LogP contribution in [0, 0.1) is 0 Å². The molecule has 0 aliphatic carbocycles. The fourth-order valence-corrected chi connectivity index (χ4v) is 1.39. The number of ether oxygens (including phenoxy) is 1.